The summed E-state index contributed by atoms with van der Waals surface area (Å²) >= 11 is 0. The van der Waals surface area contributed by atoms with E-state index in [1.54, 1.807) is 11.0 Å². The van der Waals surface area contributed by atoms with E-state index < -0.39 is 0 Å². The third-order valence-electron chi connectivity index (χ3n) is 4.42. The fourth-order valence-electron chi connectivity index (χ4n) is 3.15. The van der Waals surface area contributed by atoms with E-state index >= 15 is 0 Å². The largest absolute Gasteiger partial charge is 0.370 e. The van der Waals surface area contributed by atoms with E-state index in [1.807, 2.05) is 13.0 Å². The molecule has 132 valence electrons. The van der Waals surface area contributed by atoms with Crippen LogP contribution >= 0.6 is 0 Å². The number of likely N-dealkylation sites (tertiary alicyclic amines) is 1. The van der Waals surface area contributed by atoms with E-state index in [-0.39, 0.29) is 29.7 Å². The van der Waals surface area contributed by atoms with Gasteiger partial charge >= 0.3 is 6.03 Å². The van der Waals surface area contributed by atoms with Gasteiger partial charge in [-0.25, -0.2) is 9.18 Å². The molecule has 6 heteroatoms. The molecule has 0 radical (unpaired) electrons. The highest BCUT2D eigenvalue weighted by Gasteiger charge is 2.25. The lowest BCUT2D eigenvalue weighted by Gasteiger charge is -2.33. The summed E-state index contributed by atoms with van der Waals surface area (Å²) in [5.41, 5.74) is 6.17. The topological polar surface area (TPSA) is 75.4 Å². The first-order valence-electron chi connectivity index (χ1n) is 8.52. The minimum absolute atomic E-state index is 0.00251. The summed E-state index contributed by atoms with van der Waals surface area (Å²) in [5, 5.41) is 2.99. The van der Waals surface area contributed by atoms with Crippen molar-refractivity contribution in [3.05, 3.63) is 35.6 Å². The fraction of sp³-hybridized carbons (Fsp3) is 0.556. The number of benzene rings is 1. The number of hydrogen-bond donors (Lipinski definition) is 2. The lowest BCUT2D eigenvalue weighted by molar-refractivity contribution is -0.119. The van der Waals surface area contributed by atoms with Crippen LogP contribution in [0.2, 0.25) is 0 Å². The van der Waals surface area contributed by atoms with Crippen LogP contribution in [0.4, 0.5) is 9.18 Å². The van der Waals surface area contributed by atoms with Crippen LogP contribution in [0, 0.1) is 11.7 Å². The van der Waals surface area contributed by atoms with Gasteiger partial charge in [-0.15, -0.1) is 0 Å². The monoisotopic (exact) mass is 335 g/mol. The molecule has 1 aliphatic heterocycles. The average molecular weight is 335 g/mol. The Morgan fingerprint density at radius 1 is 1.46 bits per heavy atom. The Labute approximate surface area is 142 Å². The van der Waals surface area contributed by atoms with Gasteiger partial charge in [-0.2, -0.15) is 0 Å². The number of primary amides is 1. The summed E-state index contributed by atoms with van der Waals surface area (Å²) in [7, 11) is 0. The van der Waals surface area contributed by atoms with Gasteiger partial charge in [0.1, 0.15) is 5.82 Å². The molecule has 5 nitrogen and oxygen atoms in total. The molecule has 0 bridgehead atoms. The van der Waals surface area contributed by atoms with Crippen molar-refractivity contribution < 1.29 is 14.0 Å². The van der Waals surface area contributed by atoms with Crippen molar-refractivity contribution >= 4 is 11.9 Å². The highest BCUT2D eigenvalue weighted by atomic mass is 19.1. The van der Waals surface area contributed by atoms with Gasteiger partial charge in [-0.3, -0.25) is 4.79 Å². The molecular formula is C18H26FN3O2. The van der Waals surface area contributed by atoms with Crippen LogP contribution in [0.3, 0.4) is 0 Å². The molecule has 0 aliphatic carbocycles. The first-order valence-corrected chi connectivity index (χ1v) is 8.52. The number of aryl methyl sites for hydroxylation is 1. The van der Waals surface area contributed by atoms with Crippen molar-refractivity contribution in [1.82, 2.24) is 10.2 Å². The Morgan fingerprint density at radius 3 is 2.96 bits per heavy atom. The quantitative estimate of drug-likeness (QED) is 0.838. The van der Waals surface area contributed by atoms with Crippen LogP contribution in [0.5, 0.6) is 0 Å². The summed E-state index contributed by atoms with van der Waals surface area (Å²) in [6, 6.07) is 6.42. The Morgan fingerprint density at radius 2 is 2.25 bits per heavy atom. The summed E-state index contributed by atoms with van der Waals surface area (Å²) < 4.78 is 13.2. The summed E-state index contributed by atoms with van der Waals surface area (Å²) in [4.78, 5) is 25.1. The number of carbonyl (C=O) groups is 2. The molecule has 1 fully saturated rings. The Balaban J connectivity index is 1.77. The SMILES string of the molecule is C[C@H](CCc1cccc(F)c1)NC(=O)N1CCC[C@H](CC(N)=O)C1. The van der Waals surface area contributed by atoms with Crippen molar-refractivity contribution in [2.45, 2.75) is 45.1 Å². The Bertz CT molecular complexity index is 579. The molecule has 1 heterocycles. The minimum Gasteiger partial charge on any atom is -0.370 e. The molecule has 3 N–H and O–H groups in total. The number of halogens is 1. The molecule has 1 aliphatic rings. The third-order valence-corrected chi connectivity index (χ3v) is 4.42. The maximum Gasteiger partial charge on any atom is 0.317 e. The molecule has 2 rings (SSSR count). The first kappa shape index (κ1) is 18.2. The molecule has 0 saturated carbocycles. The number of hydrogen-bond acceptors (Lipinski definition) is 2. The van der Waals surface area contributed by atoms with E-state index in [0.717, 1.165) is 24.8 Å². The van der Waals surface area contributed by atoms with E-state index in [9.17, 15) is 14.0 Å². The zero-order chi connectivity index (χ0) is 17.5. The molecule has 3 amide bonds. The standard InChI is InChI=1S/C18H26FN3O2/c1-13(7-8-14-4-2-6-16(19)10-14)21-18(24)22-9-3-5-15(12-22)11-17(20)23/h2,4,6,10,13,15H,3,5,7-9,11-12H2,1H3,(H2,20,23)(H,21,24)/t13-,15-/m1/s1. The lowest BCUT2D eigenvalue weighted by atomic mass is 9.95. The zero-order valence-corrected chi connectivity index (χ0v) is 14.1. The predicted molar refractivity (Wildman–Crippen MR) is 90.8 cm³/mol. The van der Waals surface area contributed by atoms with Gasteiger partial charge in [0.05, 0.1) is 0 Å². The van der Waals surface area contributed by atoms with Crippen molar-refractivity contribution in [3.8, 4) is 0 Å². The fourth-order valence-corrected chi connectivity index (χ4v) is 3.15. The summed E-state index contributed by atoms with van der Waals surface area (Å²) in [6.45, 7) is 3.23. The highest BCUT2D eigenvalue weighted by molar-refractivity contribution is 5.75. The number of nitrogens with two attached hydrogens (primary N) is 1. The Kier molecular flexibility index (Phi) is 6.58. The van der Waals surface area contributed by atoms with E-state index in [1.165, 1.54) is 12.1 Å². The smallest absolute Gasteiger partial charge is 0.317 e. The molecule has 0 aromatic heterocycles. The molecule has 2 atom stereocenters. The second-order valence-electron chi connectivity index (χ2n) is 6.64. The van der Waals surface area contributed by atoms with Crippen LogP contribution in [0.25, 0.3) is 0 Å². The van der Waals surface area contributed by atoms with Crippen LogP contribution < -0.4 is 11.1 Å². The van der Waals surface area contributed by atoms with Crippen molar-refractivity contribution in [3.63, 3.8) is 0 Å². The number of rotatable bonds is 6. The minimum atomic E-state index is -0.314. The van der Waals surface area contributed by atoms with Crippen molar-refractivity contribution in [1.29, 1.82) is 0 Å². The molecule has 0 unspecified atom stereocenters. The van der Waals surface area contributed by atoms with Crippen molar-refractivity contribution in [2.75, 3.05) is 13.1 Å². The second-order valence-corrected chi connectivity index (χ2v) is 6.64. The van der Waals surface area contributed by atoms with Gasteiger partial charge in [0, 0.05) is 25.6 Å². The number of piperidine rings is 1. The van der Waals surface area contributed by atoms with Crippen LogP contribution in [0.15, 0.2) is 24.3 Å². The van der Waals surface area contributed by atoms with Crippen LogP contribution in [-0.4, -0.2) is 36.0 Å². The summed E-state index contributed by atoms with van der Waals surface area (Å²) in [6.07, 6.45) is 3.61. The predicted octanol–water partition coefficient (Wildman–Crippen LogP) is 2.44. The van der Waals surface area contributed by atoms with Crippen LogP contribution in [0.1, 0.15) is 38.2 Å². The van der Waals surface area contributed by atoms with E-state index in [2.05, 4.69) is 5.32 Å². The average Bonchev–Trinajstić information content (AvgIpc) is 2.52. The molecule has 1 saturated heterocycles. The van der Waals surface area contributed by atoms with E-state index in [0.29, 0.717) is 25.9 Å². The molecule has 1 aromatic carbocycles. The Hall–Kier alpha value is -2.11. The van der Waals surface area contributed by atoms with Gasteiger partial charge in [-0.1, -0.05) is 12.1 Å². The lowest BCUT2D eigenvalue weighted by Crippen LogP contribution is -2.48. The van der Waals surface area contributed by atoms with Crippen LogP contribution in [-0.2, 0) is 11.2 Å². The maximum atomic E-state index is 13.2. The number of nitrogens with zero attached hydrogens (tertiary/aromatic N) is 1. The molecule has 0 spiro atoms. The van der Waals surface area contributed by atoms with Gasteiger partial charge in [0.2, 0.25) is 5.91 Å². The number of carbonyl (C=O) groups excluding carboxylic acids is 2. The van der Waals surface area contributed by atoms with Gasteiger partial charge < -0.3 is 16.0 Å². The van der Waals surface area contributed by atoms with Gasteiger partial charge in [0.25, 0.3) is 0 Å². The normalized spacial score (nSPS) is 18.9. The van der Waals surface area contributed by atoms with Crippen molar-refractivity contribution in [2.24, 2.45) is 11.7 Å². The third kappa shape index (κ3) is 5.83. The van der Waals surface area contributed by atoms with Gasteiger partial charge in [-0.05, 0) is 56.2 Å². The molecule has 1 aromatic rings. The number of amides is 3. The first-order chi connectivity index (χ1) is 11.4. The number of urea groups is 1. The molecular weight excluding hydrogens is 309 g/mol. The number of nitrogens with one attached hydrogen (secondary N) is 1. The highest BCUT2D eigenvalue weighted by Crippen LogP contribution is 2.19. The zero-order valence-electron chi connectivity index (χ0n) is 14.1. The molecule has 24 heavy (non-hydrogen) atoms. The van der Waals surface area contributed by atoms with E-state index in [4.69, 9.17) is 5.73 Å². The maximum absolute atomic E-state index is 13.2. The van der Waals surface area contributed by atoms with Gasteiger partial charge in [0.15, 0.2) is 0 Å². The second kappa shape index (κ2) is 8.66. The summed E-state index contributed by atoms with van der Waals surface area (Å²) in [5.74, 6) is -0.395.